The molecule has 112 valence electrons. The van der Waals surface area contributed by atoms with Gasteiger partial charge in [-0.25, -0.2) is 4.98 Å². The van der Waals surface area contributed by atoms with Crippen molar-refractivity contribution in [3.63, 3.8) is 0 Å². The molecule has 1 heterocycles. The summed E-state index contributed by atoms with van der Waals surface area (Å²) in [4.78, 5) is 16.4. The lowest BCUT2D eigenvalue weighted by molar-refractivity contribution is -0.144. The lowest BCUT2D eigenvalue weighted by atomic mass is 9.78. The molecule has 0 bridgehead atoms. The Balaban J connectivity index is 2.14. The number of fused-ring (bicyclic) bond motifs is 1. The first-order valence-electron chi connectivity index (χ1n) is 7.80. The van der Waals surface area contributed by atoms with E-state index < -0.39 is 5.97 Å². The first kappa shape index (κ1) is 14.1. The Bertz CT molecular complexity index is 662. The molecule has 1 saturated carbocycles. The fraction of sp³-hybridized carbons (Fsp3) is 0.529. The van der Waals surface area contributed by atoms with Gasteiger partial charge in [0.15, 0.2) is 0 Å². The molecule has 1 N–H and O–H groups in total. The van der Waals surface area contributed by atoms with Crippen LogP contribution < -0.4 is 0 Å². The Morgan fingerprint density at radius 1 is 1.38 bits per heavy atom. The van der Waals surface area contributed by atoms with Crippen molar-refractivity contribution < 1.29 is 9.90 Å². The third-order valence-electron chi connectivity index (χ3n) is 4.71. The van der Waals surface area contributed by atoms with Crippen molar-refractivity contribution in [2.75, 3.05) is 0 Å². The van der Waals surface area contributed by atoms with Gasteiger partial charge in [0.05, 0.1) is 17.0 Å². The number of carboxylic acids is 1. The molecule has 0 aliphatic heterocycles. The quantitative estimate of drug-likeness (QED) is 0.936. The molecule has 1 fully saturated rings. The van der Waals surface area contributed by atoms with Crippen molar-refractivity contribution in [2.45, 2.75) is 45.6 Å². The van der Waals surface area contributed by atoms with E-state index in [-0.39, 0.29) is 12.0 Å². The Hall–Kier alpha value is -1.84. The number of carboxylic acid groups (broad SMARTS) is 1. The van der Waals surface area contributed by atoms with Gasteiger partial charge in [-0.2, -0.15) is 0 Å². The van der Waals surface area contributed by atoms with Crippen molar-refractivity contribution in [1.29, 1.82) is 0 Å². The number of nitrogens with zero attached hydrogens (tertiary/aromatic N) is 2. The standard InChI is InChI=1S/C17H22N2O2/c1-3-16-18-13-6-4-5-7-14(13)19(16)15-10-11(2)8-9-12(15)17(20)21/h4-7,11-12,15H,3,8-10H2,1-2H3,(H,20,21). The fourth-order valence-electron chi connectivity index (χ4n) is 3.64. The van der Waals surface area contributed by atoms with Gasteiger partial charge >= 0.3 is 5.97 Å². The van der Waals surface area contributed by atoms with Gasteiger partial charge in [-0.3, -0.25) is 4.79 Å². The molecule has 1 aliphatic carbocycles. The average molecular weight is 286 g/mol. The molecule has 21 heavy (non-hydrogen) atoms. The summed E-state index contributed by atoms with van der Waals surface area (Å²) in [6.45, 7) is 4.30. The molecule has 0 spiro atoms. The normalized spacial score (nSPS) is 26.1. The average Bonchev–Trinajstić information content (AvgIpc) is 2.85. The number of carbonyl (C=O) groups is 1. The number of hydrogen-bond donors (Lipinski definition) is 1. The zero-order chi connectivity index (χ0) is 15.0. The Morgan fingerprint density at radius 2 is 2.14 bits per heavy atom. The molecule has 0 radical (unpaired) electrons. The molecule has 2 aromatic rings. The molecular weight excluding hydrogens is 264 g/mol. The van der Waals surface area contributed by atoms with E-state index in [9.17, 15) is 9.90 Å². The summed E-state index contributed by atoms with van der Waals surface area (Å²) < 4.78 is 2.20. The maximum atomic E-state index is 11.7. The molecule has 1 aliphatic rings. The Kier molecular flexibility index (Phi) is 3.70. The second kappa shape index (κ2) is 5.51. The second-order valence-electron chi connectivity index (χ2n) is 6.17. The van der Waals surface area contributed by atoms with Gasteiger partial charge in [0.1, 0.15) is 5.82 Å². The number of para-hydroxylation sites is 2. The third-order valence-corrected chi connectivity index (χ3v) is 4.71. The summed E-state index contributed by atoms with van der Waals surface area (Å²) in [7, 11) is 0. The lowest BCUT2D eigenvalue weighted by Gasteiger charge is -2.34. The van der Waals surface area contributed by atoms with Gasteiger partial charge in [-0.15, -0.1) is 0 Å². The highest BCUT2D eigenvalue weighted by atomic mass is 16.4. The van der Waals surface area contributed by atoms with Crippen LogP contribution in [0.15, 0.2) is 24.3 Å². The van der Waals surface area contributed by atoms with Crippen molar-refractivity contribution >= 4 is 17.0 Å². The van der Waals surface area contributed by atoms with E-state index in [0.29, 0.717) is 5.92 Å². The molecule has 1 aromatic heterocycles. The SMILES string of the molecule is CCc1nc2ccccc2n1C1CC(C)CCC1C(=O)O. The van der Waals surface area contributed by atoms with Crippen LogP contribution in [0.25, 0.3) is 11.0 Å². The molecule has 0 amide bonds. The predicted octanol–water partition coefficient (Wildman–Crippen LogP) is 3.66. The first-order chi connectivity index (χ1) is 10.1. The Labute approximate surface area is 124 Å². The lowest BCUT2D eigenvalue weighted by Crippen LogP contribution is -2.32. The minimum Gasteiger partial charge on any atom is -0.481 e. The van der Waals surface area contributed by atoms with E-state index in [0.717, 1.165) is 42.5 Å². The highest BCUT2D eigenvalue weighted by Crippen LogP contribution is 2.39. The van der Waals surface area contributed by atoms with Crippen LogP contribution >= 0.6 is 0 Å². The second-order valence-corrected chi connectivity index (χ2v) is 6.17. The third kappa shape index (κ3) is 2.43. The number of hydrogen-bond acceptors (Lipinski definition) is 2. The van der Waals surface area contributed by atoms with Crippen molar-refractivity contribution in [3.8, 4) is 0 Å². The summed E-state index contributed by atoms with van der Waals surface area (Å²) in [5, 5.41) is 9.60. The van der Waals surface area contributed by atoms with Crippen LogP contribution in [0.2, 0.25) is 0 Å². The molecular formula is C17H22N2O2. The van der Waals surface area contributed by atoms with Gasteiger partial charge in [-0.1, -0.05) is 26.0 Å². The first-order valence-corrected chi connectivity index (χ1v) is 7.80. The van der Waals surface area contributed by atoms with Crippen LogP contribution in [-0.4, -0.2) is 20.6 Å². The zero-order valence-corrected chi connectivity index (χ0v) is 12.6. The van der Waals surface area contributed by atoms with Gasteiger partial charge in [-0.05, 0) is 37.3 Å². The molecule has 4 nitrogen and oxygen atoms in total. The Morgan fingerprint density at radius 3 is 2.86 bits per heavy atom. The number of benzene rings is 1. The number of aromatic nitrogens is 2. The molecule has 3 rings (SSSR count). The topological polar surface area (TPSA) is 55.1 Å². The molecule has 3 unspecified atom stereocenters. The summed E-state index contributed by atoms with van der Waals surface area (Å²) in [5.74, 6) is 0.592. The zero-order valence-electron chi connectivity index (χ0n) is 12.6. The van der Waals surface area contributed by atoms with Crippen LogP contribution in [0.3, 0.4) is 0 Å². The van der Waals surface area contributed by atoms with Crippen LogP contribution in [0, 0.1) is 11.8 Å². The highest BCUT2D eigenvalue weighted by Gasteiger charge is 2.36. The van der Waals surface area contributed by atoms with E-state index >= 15 is 0 Å². The maximum absolute atomic E-state index is 11.7. The minimum absolute atomic E-state index is 0.0219. The highest BCUT2D eigenvalue weighted by molar-refractivity contribution is 5.77. The van der Waals surface area contributed by atoms with E-state index in [4.69, 9.17) is 4.98 Å². The van der Waals surface area contributed by atoms with Crippen molar-refractivity contribution in [2.24, 2.45) is 11.8 Å². The van der Waals surface area contributed by atoms with E-state index in [1.165, 1.54) is 0 Å². The smallest absolute Gasteiger partial charge is 0.308 e. The number of rotatable bonds is 3. The molecule has 1 aromatic carbocycles. The van der Waals surface area contributed by atoms with Crippen molar-refractivity contribution in [3.05, 3.63) is 30.1 Å². The predicted molar refractivity (Wildman–Crippen MR) is 82.3 cm³/mol. The number of aliphatic carboxylic acids is 1. The maximum Gasteiger partial charge on any atom is 0.308 e. The van der Waals surface area contributed by atoms with Crippen molar-refractivity contribution in [1.82, 2.24) is 9.55 Å². The molecule has 0 saturated heterocycles. The van der Waals surface area contributed by atoms with Gasteiger partial charge in [0.2, 0.25) is 0 Å². The fourth-order valence-corrected chi connectivity index (χ4v) is 3.64. The molecule has 3 atom stereocenters. The van der Waals surface area contributed by atoms with Gasteiger partial charge < -0.3 is 9.67 Å². The number of imidazole rings is 1. The van der Waals surface area contributed by atoms with E-state index in [1.807, 2.05) is 18.2 Å². The van der Waals surface area contributed by atoms with Crippen LogP contribution in [0.5, 0.6) is 0 Å². The van der Waals surface area contributed by atoms with E-state index in [1.54, 1.807) is 0 Å². The summed E-state index contributed by atoms with van der Waals surface area (Å²) in [5.41, 5.74) is 2.04. The van der Waals surface area contributed by atoms with Crippen LogP contribution in [0.1, 0.15) is 45.0 Å². The summed E-state index contributed by atoms with van der Waals surface area (Å²) in [6, 6.07) is 8.07. The van der Waals surface area contributed by atoms with Gasteiger partial charge in [0.25, 0.3) is 0 Å². The minimum atomic E-state index is -0.674. The summed E-state index contributed by atoms with van der Waals surface area (Å²) >= 11 is 0. The van der Waals surface area contributed by atoms with Crippen LogP contribution in [0.4, 0.5) is 0 Å². The molecule has 4 heteroatoms. The summed E-state index contributed by atoms with van der Waals surface area (Å²) in [6.07, 6.45) is 3.51. The largest absolute Gasteiger partial charge is 0.481 e. The van der Waals surface area contributed by atoms with E-state index in [2.05, 4.69) is 24.5 Å². The van der Waals surface area contributed by atoms with Gasteiger partial charge in [0, 0.05) is 12.5 Å². The monoisotopic (exact) mass is 286 g/mol. The van der Waals surface area contributed by atoms with Crippen LogP contribution in [-0.2, 0) is 11.2 Å². The number of aryl methyl sites for hydroxylation is 1.